The molecule has 0 N–H and O–H groups in total. The van der Waals surface area contributed by atoms with Gasteiger partial charge in [-0.1, -0.05) is 24.3 Å². The number of fused-ring (bicyclic) bond motifs is 6. The molecule has 2 heteroatoms. The van der Waals surface area contributed by atoms with Crippen molar-refractivity contribution < 1.29 is 4.42 Å². The van der Waals surface area contributed by atoms with E-state index in [9.17, 15) is 0 Å². The van der Waals surface area contributed by atoms with Crippen LogP contribution in [0.3, 0.4) is 0 Å². The van der Waals surface area contributed by atoms with E-state index in [2.05, 4.69) is 55.3 Å². The van der Waals surface area contributed by atoms with Crippen molar-refractivity contribution in [3.8, 4) is 0 Å². The summed E-state index contributed by atoms with van der Waals surface area (Å²) in [5.41, 5.74) is 4.27. The summed E-state index contributed by atoms with van der Waals surface area (Å²) in [6.45, 7) is 3.62. The summed E-state index contributed by atoms with van der Waals surface area (Å²) in [6, 6.07) is 15.3. The molecule has 0 radical (unpaired) electrons. The maximum Gasteiger partial charge on any atom is 0.135 e. The van der Waals surface area contributed by atoms with Crippen molar-refractivity contribution in [2.75, 3.05) is 13.6 Å². The van der Waals surface area contributed by atoms with E-state index >= 15 is 0 Å². The first-order valence-corrected chi connectivity index (χ1v) is 8.73. The fourth-order valence-corrected chi connectivity index (χ4v) is 4.89. The van der Waals surface area contributed by atoms with E-state index in [1.165, 1.54) is 48.6 Å². The van der Waals surface area contributed by atoms with Crippen LogP contribution in [0.15, 0.2) is 46.9 Å². The summed E-state index contributed by atoms with van der Waals surface area (Å²) in [5.74, 6) is 0. The first kappa shape index (κ1) is 13.6. The van der Waals surface area contributed by atoms with Gasteiger partial charge < -0.3 is 9.32 Å². The van der Waals surface area contributed by atoms with Crippen LogP contribution >= 0.6 is 0 Å². The number of furan rings is 1. The van der Waals surface area contributed by atoms with Crippen LogP contribution in [0.25, 0.3) is 21.9 Å². The van der Waals surface area contributed by atoms with E-state index in [-0.39, 0.29) is 0 Å². The number of hydrogen-bond acceptors (Lipinski definition) is 2. The summed E-state index contributed by atoms with van der Waals surface area (Å²) in [7, 11) is 2.30. The first-order chi connectivity index (χ1) is 11.1. The lowest BCUT2D eigenvalue weighted by Crippen LogP contribution is -2.60. The molecule has 6 rings (SSSR count). The van der Waals surface area contributed by atoms with E-state index in [0.717, 1.165) is 11.2 Å². The first-order valence-electron chi connectivity index (χ1n) is 8.73. The van der Waals surface area contributed by atoms with Crippen LogP contribution in [0.1, 0.15) is 38.2 Å². The zero-order chi connectivity index (χ0) is 15.7. The number of rotatable bonds is 1. The van der Waals surface area contributed by atoms with Crippen molar-refractivity contribution in [1.82, 2.24) is 4.90 Å². The molecule has 0 unspecified atom stereocenters. The molecule has 0 amide bonds. The van der Waals surface area contributed by atoms with E-state index in [1.54, 1.807) is 0 Å². The normalized spacial score (nSPS) is 31.2. The predicted molar refractivity (Wildman–Crippen MR) is 94.9 cm³/mol. The lowest BCUT2D eigenvalue weighted by molar-refractivity contribution is -0.0221. The highest BCUT2D eigenvalue weighted by Crippen LogP contribution is 2.51. The van der Waals surface area contributed by atoms with Gasteiger partial charge in [0, 0.05) is 28.3 Å². The minimum absolute atomic E-state index is 0.332. The maximum absolute atomic E-state index is 6.00. The Hall–Kier alpha value is -1.80. The van der Waals surface area contributed by atoms with Crippen molar-refractivity contribution in [2.24, 2.45) is 0 Å². The van der Waals surface area contributed by atoms with Crippen LogP contribution in [-0.2, 0) is 5.41 Å². The van der Waals surface area contributed by atoms with E-state index in [4.69, 9.17) is 4.42 Å². The highest BCUT2D eigenvalue weighted by molar-refractivity contribution is 6.05. The minimum atomic E-state index is 0.332. The third-order valence-corrected chi connectivity index (χ3v) is 6.73. The van der Waals surface area contributed by atoms with E-state index in [0.29, 0.717) is 11.0 Å². The Kier molecular flexibility index (Phi) is 2.60. The van der Waals surface area contributed by atoms with Crippen molar-refractivity contribution >= 4 is 21.9 Å². The van der Waals surface area contributed by atoms with Gasteiger partial charge in [-0.25, -0.2) is 0 Å². The fraction of sp³-hybridized carbons (Fsp3) is 0.429. The molecule has 2 aromatic carbocycles. The van der Waals surface area contributed by atoms with E-state index < -0.39 is 0 Å². The molecule has 1 saturated carbocycles. The van der Waals surface area contributed by atoms with Crippen LogP contribution in [0.4, 0.5) is 0 Å². The van der Waals surface area contributed by atoms with Gasteiger partial charge in [0.25, 0.3) is 0 Å². The molecule has 118 valence electrons. The quantitative estimate of drug-likeness (QED) is 0.622. The zero-order valence-corrected chi connectivity index (χ0v) is 13.9. The molecule has 2 bridgehead atoms. The SMILES string of the molecule is CN1CC2(c3ccc4oc5ccccc5c4c3)CCC1(C)CC2. The summed E-state index contributed by atoms with van der Waals surface area (Å²) in [5, 5.41) is 2.51. The lowest BCUT2D eigenvalue weighted by Gasteiger charge is -2.58. The van der Waals surface area contributed by atoms with Gasteiger partial charge in [0.05, 0.1) is 0 Å². The molecule has 2 nitrogen and oxygen atoms in total. The number of nitrogens with zero attached hydrogens (tertiary/aromatic N) is 1. The monoisotopic (exact) mass is 305 g/mol. The molecule has 1 aromatic heterocycles. The van der Waals surface area contributed by atoms with Crippen LogP contribution in [-0.4, -0.2) is 24.0 Å². The number of para-hydroxylation sites is 1. The molecule has 0 atom stereocenters. The van der Waals surface area contributed by atoms with E-state index in [1.807, 2.05) is 6.07 Å². The van der Waals surface area contributed by atoms with Gasteiger partial charge >= 0.3 is 0 Å². The molecule has 3 aromatic rings. The Morgan fingerprint density at radius 3 is 2.43 bits per heavy atom. The number of benzene rings is 2. The molecule has 3 heterocycles. The van der Waals surface area contributed by atoms with Crippen LogP contribution < -0.4 is 0 Å². The fourth-order valence-electron chi connectivity index (χ4n) is 4.89. The average Bonchev–Trinajstić information content (AvgIpc) is 2.94. The zero-order valence-electron chi connectivity index (χ0n) is 13.9. The summed E-state index contributed by atoms with van der Waals surface area (Å²) in [6.07, 6.45) is 5.26. The third-order valence-electron chi connectivity index (χ3n) is 6.73. The minimum Gasteiger partial charge on any atom is -0.456 e. The van der Waals surface area contributed by atoms with Crippen molar-refractivity contribution in [3.63, 3.8) is 0 Å². The second-order valence-corrected chi connectivity index (χ2v) is 7.94. The van der Waals surface area contributed by atoms with Crippen molar-refractivity contribution in [2.45, 2.75) is 43.6 Å². The van der Waals surface area contributed by atoms with Crippen LogP contribution in [0.5, 0.6) is 0 Å². The van der Waals surface area contributed by atoms with Crippen molar-refractivity contribution in [3.05, 3.63) is 48.0 Å². The standard InChI is InChI=1S/C21H23NO/c1-20-9-11-21(12-10-20,14-22(20)2)15-7-8-19-17(13-15)16-5-3-4-6-18(16)23-19/h3-8,13H,9-12,14H2,1-2H3. The van der Waals surface area contributed by atoms with Gasteiger partial charge in [0.1, 0.15) is 11.2 Å². The summed E-state index contributed by atoms with van der Waals surface area (Å²) < 4.78 is 6.00. The molecular weight excluding hydrogens is 282 g/mol. The van der Waals surface area contributed by atoms with Crippen LogP contribution in [0, 0.1) is 0 Å². The van der Waals surface area contributed by atoms with Gasteiger partial charge in [0.15, 0.2) is 0 Å². The number of hydrogen-bond donors (Lipinski definition) is 0. The largest absolute Gasteiger partial charge is 0.456 e. The second kappa shape index (κ2) is 4.39. The Morgan fingerprint density at radius 1 is 0.913 bits per heavy atom. The molecule has 3 fully saturated rings. The maximum atomic E-state index is 6.00. The molecule has 2 aliphatic heterocycles. The van der Waals surface area contributed by atoms with Gasteiger partial charge in [-0.15, -0.1) is 0 Å². The summed E-state index contributed by atoms with van der Waals surface area (Å²) >= 11 is 0. The molecule has 3 aliphatic rings. The Balaban J connectivity index is 1.67. The predicted octanol–water partition coefficient (Wildman–Crippen LogP) is 5.10. The van der Waals surface area contributed by atoms with Crippen molar-refractivity contribution in [1.29, 1.82) is 0 Å². The van der Waals surface area contributed by atoms with Gasteiger partial charge in [-0.3, -0.25) is 0 Å². The third kappa shape index (κ3) is 1.79. The molecule has 23 heavy (non-hydrogen) atoms. The van der Waals surface area contributed by atoms with Gasteiger partial charge in [-0.05, 0) is 63.4 Å². The molecular formula is C21H23NO. The lowest BCUT2D eigenvalue weighted by atomic mass is 9.60. The van der Waals surface area contributed by atoms with Gasteiger partial charge in [-0.2, -0.15) is 0 Å². The Labute approximate surface area is 137 Å². The second-order valence-electron chi connectivity index (χ2n) is 7.94. The Bertz CT molecular complexity index is 898. The molecule has 2 saturated heterocycles. The summed E-state index contributed by atoms with van der Waals surface area (Å²) in [4.78, 5) is 2.59. The number of piperidine rings is 2. The Morgan fingerprint density at radius 2 is 1.65 bits per heavy atom. The molecule has 1 aliphatic carbocycles. The highest BCUT2D eigenvalue weighted by atomic mass is 16.3. The topological polar surface area (TPSA) is 16.4 Å². The smallest absolute Gasteiger partial charge is 0.135 e. The van der Waals surface area contributed by atoms with Crippen LogP contribution in [0.2, 0.25) is 0 Å². The average molecular weight is 305 g/mol. The molecule has 0 spiro atoms. The highest BCUT2D eigenvalue weighted by Gasteiger charge is 2.50. The van der Waals surface area contributed by atoms with Gasteiger partial charge in [0.2, 0.25) is 0 Å². The number of likely N-dealkylation sites (N-methyl/N-ethyl adjacent to an activating group) is 1.